The molecule has 204 valence electrons. The van der Waals surface area contributed by atoms with Crippen molar-refractivity contribution in [1.29, 1.82) is 0 Å². The van der Waals surface area contributed by atoms with Crippen LogP contribution >= 0.6 is 11.8 Å². The van der Waals surface area contributed by atoms with Crippen LogP contribution in [-0.4, -0.2) is 42.4 Å². The molecule has 0 bridgehead atoms. The molecule has 0 aliphatic carbocycles. The number of carbonyl (C=O) groups excluding carboxylic acids is 1. The fourth-order valence-corrected chi connectivity index (χ4v) is 6.03. The van der Waals surface area contributed by atoms with Gasteiger partial charge in [0, 0.05) is 10.5 Å². The second kappa shape index (κ2) is 12.8. The molecule has 0 aromatic heterocycles. The number of benzene rings is 4. The van der Waals surface area contributed by atoms with Crippen LogP contribution in [-0.2, 0) is 30.3 Å². The molecule has 7 heteroatoms. The van der Waals surface area contributed by atoms with Gasteiger partial charge in [-0.1, -0.05) is 109 Å². The fourth-order valence-electron chi connectivity index (χ4n) is 4.90. The van der Waals surface area contributed by atoms with Gasteiger partial charge < -0.3 is 23.7 Å². The van der Waals surface area contributed by atoms with Crippen LogP contribution in [0.1, 0.15) is 27.8 Å². The third-order valence-electron chi connectivity index (χ3n) is 6.89. The lowest BCUT2D eigenvalue weighted by molar-refractivity contribution is -0.324. The van der Waals surface area contributed by atoms with Gasteiger partial charge >= 0.3 is 5.97 Å². The molecular formula is C33H30O6S. The zero-order valence-corrected chi connectivity index (χ0v) is 22.6. The highest BCUT2D eigenvalue weighted by atomic mass is 32.2. The number of hydrogen-bond donors (Lipinski definition) is 0. The van der Waals surface area contributed by atoms with Crippen LogP contribution in [0.2, 0.25) is 0 Å². The van der Waals surface area contributed by atoms with E-state index in [0.717, 1.165) is 16.0 Å². The van der Waals surface area contributed by atoms with E-state index in [9.17, 15) is 4.79 Å². The van der Waals surface area contributed by atoms with Crippen molar-refractivity contribution < 1.29 is 28.5 Å². The third-order valence-corrected chi connectivity index (χ3v) is 8.04. The highest BCUT2D eigenvalue weighted by Gasteiger charge is 2.52. The summed E-state index contributed by atoms with van der Waals surface area (Å²) in [4.78, 5) is 14.4. The monoisotopic (exact) mass is 554 g/mol. The zero-order chi connectivity index (χ0) is 27.1. The average Bonchev–Trinajstić information content (AvgIpc) is 3.02. The van der Waals surface area contributed by atoms with Crippen LogP contribution < -0.4 is 0 Å². The van der Waals surface area contributed by atoms with Crippen molar-refractivity contribution in [2.45, 2.75) is 47.6 Å². The van der Waals surface area contributed by atoms with Gasteiger partial charge in [-0.15, -0.1) is 0 Å². The normalized spacial score (nSPS) is 26.0. The first kappa shape index (κ1) is 26.7. The Bertz CT molecular complexity index is 1360. The molecule has 2 aliphatic rings. The maximum atomic E-state index is 13.4. The molecular weight excluding hydrogens is 524 g/mol. The highest BCUT2D eigenvalue weighted by Crippen LogP contribution is 2.41. The van der Waals surface area contributed by atoms with Crippen molar-refractivity contribution in [1.82, 2.24) is 0 Å². The molecule has 4 aromatic carbocycles. The molecule has 6 nitrogen and oxygen atoms in total. The molecule has 2 saturated heterocycles. The van der Waals surface area contributed by atoms with Gasteiger partial charge in [-0.3, -0.25) is 0 Å². The predicted octanol–water partition coefficient (Wildman–Crippen LogP) is 6.43. The Balaban J connectivity index is 1.33. The summed E-state index contributed by atoms with van der Waals surface area (Å²) in [7, 11) is 0. The number of ether oxygens (including phenoxy) is 5. The van der Waals surface area contributed by atoms with Gasteiger partial charge in [-0.25, -0.2) is 4.79 Å². The van der Waals surface area contributed by atoms with Gasteiger partial charge in [0.2, 0.25) is 0 Å². The topological polar surface area (TPSA) is 63.2 Å². The van der Waals surface area contributed by atoms with E-state index in [-0.39, 0.29) is 0 Å². The van der Waals surface area contributed by atoms with Crippen molar-refractivity contribution in [3.63, 3.8) is 0 Å². The fraction of sp³-hybridized carbons (Fsp3) is 0.242. The summed E-state index contributed by atoms with van der Waals surface area (Å²) in [6.07, 6.45) is -2.88. The number of fused-ring (bicyclic) bond motifs is 1. The molecule has 6 unspecified atom stereocenters. The Labute approximate surface area is 238 Å². The van der Waals surface area contributed by atoms with Gasteiger partial charge in [-0.2, -0.15) is 0 Å². The van der Waals surface area contributed by atoms with E-state index in [1.165, 1.54) is 11.8 Å². The summed E-state index contributed by atoms with van der Waals surface area (Å²) in [5.41, 5.74) is 1.83. The van der Waals surface area contributed by atoms with Crippen LogP contribution in [0.5, 0.6) is 0 Å². The minimum atomic E-state index is -0.752. The second-order valence-corrected chi connectivity index (χ2v) is 10.8. The Morgan fingerprint density at radius 1 is 0.750 bits per heavy atom. The summed E-state index contributed by atoms with van der Waals surface area (Å²) < 4.78 is 32.0. The quantitative estimate of drug-likeness (QED) is 0.233. The van der Waals surface area contributed by atoms with Crippen LogP contribution in [0.4, 0.5) is 0 Å². The number of thioether (sulfide) groups is 1. The highest BCUT2D eigenvalue weighted by molar-refractivity contribution is 7.99. The minimum absolute atomic E-state index is 0.320. The van der Waals surface area contributed by atoms with Crippen molar-refractivity contribution in [2.75, 3.05) is 6.61 Å². The average molecular weight is 555 g/mol. The molecule has 0 radical (unpaired) electrons. The Morgan fingerprint density at radius 2 is 1.38 bits per heavy atom. The van der Waals surface area contributed by atoms with E-state index in [4.69, 9.17) is 23.7 Å². The van der Waals surface area contributed by atoms with Crippen molar-refractivity contribution >= 4 is 17.7 Å². The largest absolute Gasteiger partial charge is 0.452 e. The lowest BCUT2D eigenvalue weighted by Gasteiger charge is -2.48. The first-order chi connectivity index (χ1) is 19.7. The zero-order valence-electron chi connectivity index (χ0n) is 21.8. The van der Waals surface area contributed by atoms with Gasteiger partial charge in [0.05, 0.1) is 18.8 Å². The van der Waals surface area contributed by atoms with E-state index < -0.39 is 42.1 Å². The predicted molar refractivity (Wildman–Crippen MR) is 152 cm³/mol. The summed E-state index contributed by atoms with van der Waals surface area (Å²) in [5, 5.41) is 0. The Morgan fingerprint density at radius 3 is 2.08 bits per heavy atom. The number of esters is 1. The minimum Gasteiger partial charge on any atom is -0.452 e. The van der Waals surface area contributed by atoms with Crippen LogP contribution in [0.3, 0.4) is 0 Å². The summed E-state index contributed by atoms with van der Waals surface area (Å²) >= 11 is 1.50. The van der Waals surface area contributed by atoms with Gasteiger partial charge in [0.1, 0.15) is 23.7 Å². The second-order valence-electron chi connectivity index (χ2n) is 9.65. The van der Waals surface area contributed by atoms with Gasteiger partial charge in [0.25, 0.3) is 0 Å². The van der Waals surface area contributed by atoms with E-state index in [1.54, 1.807) is 12.1 Å². The van der Waals surface area contributed by atoms with Crippen LogP contribution in [0.25, 0.3) is 0 Å². The lowest BCUT2D eigenvalue weighted by Crippen LogP contribution is -2.62. The molecule has 0 N–H and O–H groups in total. The Hall–Kier alpha value is -3.46. The van der Waals surface area contributed by atoms with E-state index >= 15 is 0 Å². The molecule has 2 fully saturated rings. The number of carbonyl (C=O) groups is 1. The van der Waals surface area contributed by atoms with E-state index in [0.29, 0.717) is 18.8 Å². The molecule has 2 aliphatic heterocycles. The van der Waals surface area contributed by atoms with Gasteiger partial charge in [-0.05, 0) is 29.8 Å². The standard InChI is InChI=1S/C33H30O6S/c34-31(24-15-7-2-8-16-24)38-30-29(35-21-23-13-5-1-6-14-23)28-27(37-33(30)40-26-19-11-4-12-20-26)22-36-32(39-28)25-17-9-3-10-18-25/h1-20,27-30,32-33H,21-22H2. The number of hydrogen-bond acceptors (Lipinski definition) is 7. The smallest absolute Gasteiger partial charge is 0.338 e. The SMILES string of the molecule is O=C(OC1C(Sc2ccccc2)OC2COC(c3ccccc3)OC2C1OCc1ccccc1)c1ccccc1. The van der Waals surface area contributed by atoms with Crippen LogP contribution in [0.15, 0.2) is 126 Å². The molecule has 0 saturated carbocycles. The maximum absolute atomic E-state index is 13.4. The molecule has 6 atom stereocenters. The molecule has 0 amide bonds. The third kappa shape index (κ3) is 6.30. The van der Waals surface area contributed by atoms with Crippen molar-refractivity contribution in [3.8, 4) is 0 Å². The summed E-state index contributed by atoms with van der Waals surface area (Å²) in [5.74, 6) is -0.439. The lowest BCUT2D eigenvalue weighted by atomic mass is 9.98. The molecule has 0 spiro atoms. The van der Waals surface area contributed by atoms with Crippen molar-refractivity contribution in [2.24, 2.45) is 0 Å². The van der Waals surface area contributed by atoms with Crippen molar-refractivity contribution in [3.05, 3.63) is 138 Å². The molecule has 40 heavy (non-hydrogen) atoms. The molecule has 6 rings (SSSR count). The summed E-state index contributed by atoms with van der Waals surface area (Å²) in [6.45, 7) is 0.650. The Kier molecular flexibility index (Phi) is 8.56. The number of rotatable bonds is 8. The summed E-state index contributed by atoms with van der Waals surface area (Å²) in [6, 6.07) is 38.6. The van der Waals surface area contributed by atoms with Gasteiger partial charge in [0.15, 0.2) is 12.4 Å². The van der Waals surface area contributed by atoms with E-state index in [2.05, 4.69) is 0 Å². The van der Waals surface area contributed by atoms with E-state index in [1.807, 2.05) is 109 Å². The maximum Gasteiger partial charge on any atom is 0.338 e. The first-order valence-electron chi connectivity index (χ1n) is 13.4. The first-order valence-corrected chi connectivity index (χ1v) is 14.2. The molecule has 2 heterocycles. The molecule has 4 aromatic rings. The van der Waals surface area contributed by atoms with Crippen LogP contribution in [0, 0.1) is 0 Å².